The largest absolute Gasteiger partial charge is 0.374 e. The van der Waals surface area contributed by atoms with Crippen LogP contribution in [0.1, 0.15) is 31.9 Å². The van der Waals surface area contributed by atoms with E-state index in [-0.39, 0.29) is 12.1 Å². The van der Waals surface area contributed by atoms with Crippen LogP contribution in [0.15, 0.2) is 42.5 Å². The summed E-state index contributed by atoms with van der Waals surface area (Å²) in [6, 6.07) is 13.4. The Morgan fingerprint density at radius 1 is 1.04 bits per heavy atom. The molecule has 2 aromatic carbocycles. The summed E-state index contributed by atoms with van der Waals surface area (Å²) in [6.07, 6.45) is 0.929. The number of rotatable bonds is 4. The fourth-order valence-electron chi connectivity index (χ4n) is 3.02. The van der Waals surface area contributed by atoms with Crippen LogP contribution >= 0.6 is 34.8 Å². The number of halogens is 3. The van der Waals surface area contributed by atoms with E-state index < -0.39 is 0 Å². The lowest BCUT2D eigenvalue weighted by atomic mass is 10.0. The Morgan fingerprint density at radius 2 is 1.69 bits per heavy atom. The lowest BCUT2D eigenvalue weighted by Gasteiger charge is -2.42. The van der Waals surface area contributed by atoms with Gasteiger partial charge in [-0.25, -0.2) is 0 Å². The molecule has 0 spiro atoms. The number of hydrogen-bond donors (Lipinski definition) is 1. The molecule has 142 valence electrons. The highest BCUT2D eigenvalue weighted by Crippen LogP contribution is 2.36. The fourth-order valence-corrected chi connectivity index (χ4v) is 3.68. The standard InChI is InChI=1S/C18H19Cl3N2O.C2H6/c19-12-1-4-14(5-2-12)23-10-15(7-8-22)24-11-18(23)16-6-3-13(20)9-17(16)21;1-2/h1-6,9,15,18H,7-8,10-11,22H2;1-2H3. The zero-order valence-electron chi connectivity index (χ0n) is 15.1. The third-order valence-corrected chi connectivity index (χ3v) is 5.05. The minimum absolute atomic E-state index is 0.0185. The van der Waals surface area contributed by atoms with Gasteiger partial charge >= 0.3 is 0 Å². The highest BCUT2D eigenvalue weighted by molar-refractivity contribution is 6.35. The molecule has 2 atom stereocenters. The zero-order chi connectivity index (χ0) is 19.1. The molecule has 26 heavy (non-hydrogen) atoms. The molecule has 2 unspecified atom stereocenters. The average Bonchev–Trinajstić information content (AvgIpc) is 2.65. The van der Waals surface area contributed by atoms with Gasteiger partial charge in [0.1, 0.15) is 0 Å². The summed E-state index contributed by atoms with van der Waals surface area (Å²) < 4.78 is 6.01. The van der Waals surface area contributed by atoms with E-state index in [1.165, 1.54) is 0 Å². The highest BCUT2D eigenvalue weighted by atomic mass is 35.5. The Kier molecular flexibility index (Phi) is 8.52. The Labute approximate surface area is 171 Å². The molecule has 2 N–H and O–H groups in total. The summed E-state index contributed by atoms with van der Waals surface area (Å²) in [5.41, 5.74) is 7.78. The van der Waals surface area contributed by atoms with E-state index in [9.17, 15) is 0 Å². The summed E-state index contributed by atoms with van der Waals surface area (Å²) in [6.45, 7) is 5.91. The maximum absolute atomic E-state index is 6.43. The summed E-state index contributed by atoms with van der Waals surface area (Å²) >= 11 is 18.5. The van der Waals surface area contributed by atoms with Crippen LogP contribution in [0.5, 0.6) is 0 Å². The van der Waals surface area contributed by atoms with Crippen molar-refractivity contribution in [2.24, 2.45) is 5.73 Å². The quantitative estimate of drug-likeness (QED) is 0.668. The minimum Gasteiger partial charge on any atom is -0.374 e. The van der Waals surface area contributed by atoms with E-state index in [1.807, 2.05) is 50.2 Å². The van der Waals surface area contributed by atoms with Gasteiger partial charge in [0.2, 0.25) is 0 Å². The molecule has 3 rings (SSSR count). The van der Waals surface area contributed by atoms with Crippen molar-refractivity contribution in [3.05, 3.63) is 63.1 Å². The highest BCUT2D eigenvalue weighted by Gasteiger charge is 2.31. The molecule has 1 aliphatic rings. The van der Waals surface area contributed by atoms with Gasteiger partial charge in [0.25, 0.3) is 0 Å². The second-order valence-electron chi connectivity index (χ2n) is 5.84. The smallest absolute Gasteiger partial charge is 0.0791 e. The molecule has 2 aromatic rings. The van der Waals surface area contributed by atoms with Gasteiger partial charge in [-0.1, -0.05) is 54.7 Å². The van der Waals surface area contributed by atoms with Gasteiger partial charge < -0.3 is 15.4 Å². The third kappa shape index (κ3) is 5.28. The van der Waals surface area contributed by atoms with Crippen molar-refractivity contribution >= 4 is 40.5 Å². The lowest BCUT2D eigenvalue weighted by Crippen LogP contribution is -2.45. The number of anilines is 1. The lowest BCUT2D eigenvalue weighted by molar-refractivity contribution is 0.0155. The van der Waals surface area contributed by atoms with Gasteiger partial charge in [0.05, 0.1) is 18.8 Å². The monoisotopic (exact) mass is 414 g/mol. The molecule has 1 saturated heterocycles. The summed E-state index contributed by atoms with van der Waals surface area (Å²) in [4.78, 5) is 2.30. The normalized spacial score (nSPS) is 19.7. The van der Waals surface area contributed by atoms with Crippen molar-refractivity contribution in [1.29, 1.82) is 0 Å². The number of ether oxygens (including phenoxy) is 1. The Balaban J connectivity index is 0.00000117. The first-order valence-electron chi connectivity index (χ1n) is 8.87. The topological polar surface area (TPSA) is 38.5 Å². The predicted molar refractivity (Wildman–Crippen MR) is 113 cm³/mol. The van der Waals surface area contributed by atoms with Crippen LogP contribution in [0.2, 0.25) is 15.1 Å². The second-order valence-corrected chi connectivity index (χ2v) is 7.12. The van der Waals surface area contributed by atoms with Crippen molar-refractivity contribution in [1.82, 2.24) is 0 Å². The molecule has 3 nitrogen and oxygen atoms in total. The van der Waals surface area contributed by atoms with Crippen molar-refractivity contribution in [3.8, 4) is 0 Å². The second kappa shape index (κ2) is 10.4. The molecule has 0 aromatic heterocycles. The van der Waals surface area contributed by atoms with Gasteiger partial charge in [-0.05, 0) is 54.9 Å². The van der Waals surface area contributed by atoms with Crippen LogP contribution in [0, 0.1) is 0 Å². The third-order valence-electron chi connectivity index (χ3n) is 4.23. The van der Waals surface area contributed by atoms with E-state index in [0.29, 0.717) is 28.2 Å². The van der Waals surface area contributed by atoms with Crippen LogP contribution < -0.4 is 10.6 Å². The molecule has 1 heterocycles. The first-order valence-corrected chi connectivity index (χ1v) is 10.0. The van der Waals surface area contributed by atoms with Crippen molar-refractivity contribution in [2.45, 2.75) is 32.4 Å². The van der Waals surface area contributed by atoms with Gasteiger partial charge in [-0.15, -0.1) is 0 Å². The minimum atomic E-state index is 0.0185. The molecule has 1 fully saturated rings. The average molecular weight is 416 g/mol. The molecule has 6 heteroatoms. The van der Waals surface area contributed by atoms with E-state index >= 15 is 0 Å². The first-order chi connectivity index (χ1) is 12.6. The van der Waals surface area contributed by atoms with Crippen LogP contribution in [0.25, 0.3) is 0 Å². The number of morpholine rings is 1. The van der Waals surface area contributed by atoms with Crippen molar-refractivity contribution in [2.75, 3.05) is 24.6 Å². The van der Waals surface area contributed by atoms with Crippen molar-refractivity contribution < 1.29 is 4.74 Å². The first kappa shape index (κ1) is 21.3. The fraction of sp³-hybridized carbons (Fsp3) is 0.400. The van der Waals surface area contributed by atoms with Crippen LogP contribution in [0.3, 0.4) is 0 Å². The Morgan fingerprint density at radius 3 is 2.31 bits per heavy atom. The van der Waals surface area contributed by atoms with Crippen LogP contribution in [-0.2, 0) is 4.74 Å². The predicted octanol–water partition coefficient (Wildman–Crippen LogP) is 5.97. The van der Waals surface area contributed by atoms with Crippen LogP contribution in [0.4, 0.5) is 5.69 Å². The Bertz CT molecular complexity index is 694. The van der Waals surface area contributed by atoms with Crippen molar-refractivity contribution in [3.63, 3.8) is 0 Å². The van der Waals surface area contributed by atoms with E-state index in [2.05, 4.69) is 4.90 Å². The van der Waals surface area contributed by atoms with Gasteiger partial charge in [-0.2, -0.15) is 0 Å². The van der Waals surface area contributed by atoms with Crippen LogP contribution in [-0.4, -0.2) is 25.8 Å². The maximum atomic E-state index is 6.43. The van der Waals surface area contributed by atoms with Gasteiger partial charge in [0.15, 0.2) is 0 Å². The molecular formula is C20H25Cl3N2O. The number of benzene rings is 2. The van der Waals surface area contributed by atoms with E-state index in [1.54, 1.807) is 6.07 Å². The molecule has 0 aliphatic carbocycles. The molecule has 0 radical (unpaired) electrons. The number of nitrogens with zero attached hydrogens (tertiary/aromatic N) is 1. The molecular weight excluding hydrogens is 391 g/mol. The molecule has 0 bridgehead atoms. The Hall–Kier alpha value is -0.970. The molecule has 0 amide bonds. The molecule has 0 saturated carbocycles. The van der Waals surface area contributed by atoms with Gasteiger partial charge in [0, 0.05) is 27.3 Å². The molecule has 1 aliphatic heterocycles. The SMILES string of the molecule is CC.NCCC1CN(c2ccc(Cl)cc2)C(c2ccc(Cl)cc2Cl)CO1. The zero-order valence-corrected chi connectivity index (χ0v) is 17.4. The van der Waals surface area contributed by atoms with E-state index in [0.717, 1.165) is 24.2 Å². The maximum Gasteiger partial charge on any atom is 0.0791 e. The van der Waals surface area contributed by atoms with E-state index in [4.69, 9.17) is 45.3 Å². The summed E-state index contributed by atoms with van der Waals surface area (Å²) in [5.74, 6) is 0. The number of hydrogen-bond acceptors (Lipinski definition) is 3. The van der Waals surface area contributed by atoms with Gasteiger partial charge in [-0.3, -0.25) is 0 Å². The number of nitrogens with two attached hydrogens (primary N) is 1. The summed E-state index contributed by atoms with van der Waals surface area (Å²) in [5, 5.41) is 1.98. The summed E-state index contributed by atoms with van der Waals surface area (Å²) in [7, 11) is 0.